The lowest BCUT2D eigenvalue weighted by Gasteiger charge is -2.01. The molecule has 0 aromatic carbocycles. The molecule has 86 valence electrons. The van der Waals surface area contributed by atoms with Gasteiger partial charge in [0.25, 0.3) is 0 Å². The molecule has 0 radical (unpaired) electrons. The Hall–Kier alpha value is -1.40. The van der Waals surface area contributed by atoms with Gasteiger partial charge in [-0.1, -0.05) is 5.16 Å². The highest BCUT2D eigenvalue weighted by molar-refractivity contribution is 7.10. The Morgan fingerprint density at radius 1 is 1.56 bits per heavy atom. The molecule has 3 N–H and O–H groups in total. The summed E-state index contributed by atoms with van der Waals surface area (Å²) in [5.41, 5.74) is 6.62. The minimum atomic E-state index is 0.671. The van der Waals surface area contributed by atoms with Crippen molar-refractivity contribution in [3.63, 3.8) is 0 Å². The van der Waals surface area contributed by atoms with Crippen LogP contribution in [0.25, 0.3) is 0 Å². The molecule has 0 saturated heterocycles. The highest BCUT2D eigenvalue weighted by Gasteiger charge is 2.03. The van der Waals surface area contributed by atoms with Gasteiger partial charge in [-0.2, -0.15) is 4.98 Å². The summed E-state index contributed by atoms with van der Waals surface area (Å²) in [6.45, 7) is 3.41. The van der Waals surface area contributed by atoms with E-state index in [1.165, 1.54) is 4.88 Å². The van der Waals surface area contributed by atoms with Crippen LogP contribution in [0.5, 0.6) is 0 Å². The van der Waals surface area contributed by atoms with Crippen LogP contribution < -0.4 is 11.1 Å². The number of rotatable bonds is 5. The number of nitrogens with two attached hydrogens (primary N) is 1. The molecule has 2 heterocycles. The van der Waals surface area contributed by atoms with Crippen LogP contribution in [0.1, 0.15) is 16.6 Å². The zero-order valence-electron chi connectivity index (χ0n) is 9.06. The standard InChI is InChI=1S/C10H14N4OS/c1-7-13-10(15-14-7)2-4-12-6-9-8(11)3-5-16-9/h3,5,12H,2,4,6,11H2,1H3. The summed E-state index contributed by atoms with van der Waals surface area (Å²) in [5.74, 6) is 1.35. The summed E-state index contributed by atoms with van der Waals surface area (Å²) in [5, 5.41) is 9.01. The maximum atomic E-state index is 5.77. The molecular formula is C10H14N4OS. The third-order valence-corrected chi connectivity index (χ3v) is 3.09. The van der Waals surface area contributed by atoms with Crippen molar-refractivity contribution in [3.8, 4) is 0 Å². The molecule has 0 aliphatic rings. The molecule has 2 rings (SSSR count). The zero-order chi connectivity index (χ0) is 11.4. The van der Waals surface area contributed by atoms with E-state index < -0.39 is 0 Å². The molecule has 16 heavy (non-hydrogen) atoms. The van der Waals surface area contributed by atoms with Gasteiger partial charge < -0.3 is 15.6 Å². The first-order chi connectivity index (χ1) is 7.75. The maximum absolute atomic E-state index is 5.77. The molecule has 6 heteroatoms. The van der Waals surface area contributed by atoms with Crippen LogP contribution in [0.4, 0.5) is 5.69 Å². The number of aryl methyl sites for hydroxylation is 1. The monoisotopic (exact) mass is 238 g/mol. The van der Waals surface area contributed by atoms with Crippen molar-refractivity contribution in [1.29, 1.82) is 0 Å². The number of nitrogen functional groups attached to an aromatic ring is 1. The molecular weight excluding hydrogens is 224 g/mol. The molecule has 2 aromatic heterocycles. The van der Waals surface area contributed by atoms with E-state index in [4.69, 9.17) is 10.3 Å². The highest BCUT2D eigenvalue weighted by Crippen LogP contribution is 2.17. The molecule has 0 atom stereocenters. The van der Waals surface area contributed by atoms with E-state index in [9.17, 15) is 0 Å². The quantitative estimate of drug-likeness (QED) is 0.769. The van der Waals surface area contributed by atoms with Crippen LogP contribution >= 0.6 is 11.3 Å². The van der Waals surface area contributed by atoms with E-state index in [2.05, 4.69) is 15.5 Å². The second-order valence-corrected chi connectivity index (χ2v) is 4.46. The van der Waals surface area contributed by atoms with Gasteiger partial charge in [0, 0.05) is 30.1 Å². The molecule has 2 aromatic rings. The molecule has 0 bridgehead atoms. The van der Waals surface area contributed by atoms with Crippen LogP contribution in [0.2, 0.25) is 0 Å². The van der Waals surface area contributed by atoms with Gasteiger partial charge in [0.1, 0.15) is 0 Å². The molecule has 0 fully saturated rings. The SMILES string of the molecule is Cc1noc(CCNCc2sccc2N)n1. The van der Waals surface area contributed by atoms with E-state index in [1.807, 2.05) is 18.4 Å². The minimum Gasteiger partial charge on any atom is -0.398 e. The Morgan fingerprint density at radius 3 is 3.06 bits per heavy atom. The third-order valence-electron chi connectivity index (χ3n) is 2.15. The summed E-state index contributed by atoms with van der Waals surface area (Å²) >= 11 is 1.66. The van der Waals surface area contributed by atoms with Gasteiger partial charge >= 0.3 is 0 Å². The zero-order valence-corrected chi connectivity index (χ0v) is 9.88. The van der Waals surface area contributed by atoms with Gasteiger partial charge in [-0.3, -0.25) is 0 Å². The predicted octanol–water partition coefficient (Wildman–Crippen LogP) is 1.35. The number of aromatic nitrogens is 2. The normalized spacial score (nSPS) is 10.8. The van der Waals surface area contributed by atoms with Crippen molar-refractivity contribution < 1.29 is 4.52 Å². The van der Waals surface area contributed by atoms with Crippen LogP contribution in [0.3, 0.4) is 0 Å². The number of hydrogen-bond donors (Lipinski definition) is 2. The molecule has 0 saturated carbocycles. The predicted molar refractivity (Wildman–Crippen MR) is 63.2 cm³/mol. The van der Waals surface area contributed by atoms with Crippen molar-refractivity contribution in [3.05, 3.63) is 28.0 Å². The average molecular weight is 238 g/mol. The fraction of sp³-hybridized carbons (Fsp3) is 0.400. The second kappa shape index (κ2) is 5.09. The Labute approximate surface area is 97.7 Å². The first kappa shape index (κ1) is 11.1. The first-order valence-corrected chi connectivity index (χ1v) is 5.95. The number of thiophene rings is 1. The molecule has 0 aliphatic carbocycles. The van der Waals surface area contributed by atoms with Crippen molar-refractivity contribution >= 4 is 17.0 Å². The summed E-state index contributed by atoms with van der Waals surface area (Å²) in [6.07, 6.45) is 0.742. The van der Waals surface area contributed by atoms with Gasteiger partial charge in [0.15, 0.2) is 5.82 Å². The van der Waals surface area contributed by atoms with Gasteiger partial charge in [0.05, 0.1) is 0 Å². The second-order valence-electron chi connectivity index (χ2n) is 3.46. The number of anilines is 1. The largest absolute Gasteiger partial charge is 0.398 e. The van der Waals surface area contributed by atoms with Crippen molar-refractivity contribution in [2.24, 2.45) is 0 Å². The molecule has 0 aliphatic heterocycles. The van der Waals surface area contributed by atoms with Crippen molar-refractivity contribution in [1.82, 2.24) is 15.5 Å². The van der Waals surface area contributed by atoms with Gasteiger partial charge in [0.2, 0.25) is 5.89 Å². The fourth-order valence-corrected chi connectivity index (χ4v) is 2.10. The Morgan fingerprint density at radius 2 is 2.44 bits per heavy atom. The number of nitrogens with zero attached hydrogens (tertiary/aromatic N) is 2. The van der Waals surface area contributed by atoms with Crippen LogP contribution in [0.15, 0.2) is 16.0 Å². The van der Waals surface area contributed by atoms with E-state index in [-0.39, 0.29) is 0 Å². The Kier molecular flexibility index (Phi) is 3.53. The molecule has 0 unspecified atom stereocenters. The summed E-state index contributed by atoms with van der Waals surface area (Å²) in [4.78, 5) is 5.29. The molecule has 0 spiro atoms. The van der Waals surface area contributed by atoms with Gasteiger partial charge in [-0.15, -0.1) is 11.3 Å². The van der Waals surface area contributed by atoms with E-state index in [0.29, 0.717) is 11.7 Å². The highest BCUT2D eigenvalue weighted by atomic mass is 32.1. The molecule has 0 amide bonds. The lowest BCUT2D eigenvalue weighted by Crippen LogP contribution is -2.16. The Bertz CT molecular complexity index is 451. The fourth-order valence-electron chi connectivity index (χ4n) is 1.33. The maximum Gasteiger partial charge on any atom is 0.227 e. The van der Waals surface area contributed by atoms with E-state index in [1.54, 1.807) is 11.3 Å². The van der Waals surface area contributed by atoms with Crippen molar-refractivity contribution in [2.45, 2.75) is 19.9 Å². The van der Waals surface area contributed by atoms with Crippen LogP contribution in [0, 0.1) is 6.92 Å². The first-order valence-electron chi connectivity index (χ1n) is 5.07. The smallest absolute Gasteiger partial charge is 0.227 e. The van der Waals surface area contributed by atoms with Crippen LogP contribution in [-0.2, 0) is 13.0 Å². The van der Waals surface area contributed by atoms with E-state index >= 15 is 0 Å². The average Bonchev–Trinajstić information content (AvgIpc) is 2.83. The van der Waals surface area contributed by atoms with Gasteiger partial charge in [-0.25, -0.2) is 0 Å². The summed E-state index contributed by atoms with van der Waals surface area (Å²) in [7, 11) is 0. The minimum absolute atomic E-state index is 0.671. The summed E-state index contributed by atoms with van der Waals surface area (Å²) in [6, 6.07) is 1.92. The molecule has 5 nitrogen and oxygen atoms in total. The van der Waals surface area contributed by atoms with E-state index in [0.717, 1.165) is 25.2 Å². The van der Waals surface area contributed by atoms with Gasteiger partial charge in [-0.05, 0) is 18.4 Å². The van der Waals surface area contributed by atoms with Crippen molar-refractivity contribution in [2.75, 3.05) is 12.3 Å². The Balaban J connectivity index is 1.71. The third kappa shape index (κ3) is 2.80. The number of nitrogens with one attached hydrogen (secondary N) is 1. The number of hydrogen-bond acceptors (Lipinski definition) is 6. The lowest BCUT2D eigenvalue weighted by molar-refractivity contribution is 0.372. The summed E-state index contributed by atoms with van der Waals surface area (Å²) < 4.78 is 5.00. The van der Waals surface area contributed by atoms with Crippen LogP contribution in [-0.4, -0.2) is 16.7 Å². The lowest BCUT2D eigenvalue weighted by atomic mass is 10.3. The topological polar surface area (TPSA) is 77.0 Å².